The van der Waals surface area contributed by atoms with Crippen molar-refractivity contribution in [3.05, 3.63) is 11.4 Å². The fourth-order valence-corrected chi connectivity index (χ4v) is 2.41. The van der Waals surface area contributed by atoms with E-state index in [9.17, 15) is 9.59 Å². The lowest BCUT2D eigenvalue weighted by Crippen LogP contribution is -2.38. The van der Waals surface area contributed by atoms with Gasteiger partial charge in [0, 0.05) is 13.1 Å². The third kappa shape index (κ3) is 3.09. The number of likely N-dealkylation sites (tertiary alicyclic amines) is 1. The number of ether oxygens (including phenoxy) is 1. The van der Waals surface area contributed by atoms with Gasteiger partial charge in [-0.3, -0.25) is 9.89 Å². The number of nitrogens with one attached hydrogen (secondary N) is 2. The molecule has 1 fully saturated rings. The number of amides is 2. The number of hydrogen-bond donors (Lipinski definition) is 3. The average molecular weight is 295 g/mol. The number of carbonyl (C=O) groups is 2. The van der Waals surface area contributed by atoms with Crippen LogP contribution in [0, 0.1) is 0 Å². The number of carbonyl (C=O) groups excluding carboxylic acids is 2. The van der Waals surface area contributed by atoms with Gasteiger partial charge in [-0.25, -0.2) is 4.79 Å². The first-order valence-electron chi connectivity index (χ1n) is 6.91. The molecule has 1 unspecified atom stereocenters. The summed E-state index contributed by atoms with van der Waals surface area (Å²) in [7, 11) is 1.31. The number of alkyl carbamates (subject to hydrolysis) is 1. The summed E-state index contributed by atoms with van der Waals surface area (Å²) in [6.45, 7) is 4.93. The van der Waals surface area contributed by atoms with Gasteiger partial charge in [0.15, 0.2) is 5.69 Å². The second kappa shape index (κ2) is 6.02. The summed E-state index contributed by atoms with van der Waals surface area (Å²) in [6, 6.07) is -0.105. The number of aromatic amines is 1. The summed E-state index contributed by atoms with van der Waals surface area (Å²) < 4.78 is 4.55. The van der Waals surface area contributed by atoms with Gasteiger partial charge in [-0.15, -0.1) is 0 Å². The molecule has 0 spiro atoms. The normalized spacial score (nSPS) is 18.1. The minimum absolute atomic E-state index is 0.105. The minimum atomic E-state index is -0.490. The maximum atomic E-state index is 12.4. The lowest BCUT2D eigenvalue weighted by Gasteiger charge is -2.16. The van der Waals surface area contributed by atoms with E-state index in [2.05, 4.69) is 20.3 Å². The molecule has 1 saturated heterocycles. The molecule has 0 saturated carbocycles. The maximum Gasteiger partial charge on any atom is 0.407 e. The van der Waals surface area contributed by atoms with Gasteiger partial charge in [0.25, 0.3) is 5.91 Å². The highest BCUT2D eigenvalue weighted by Crippen LogP contribution is 2.24. The lowest BCUT2D eigenvalue weighted by atomic mass is 10.1. The van der Waals surface area contributed by atoms with Crippen LogP contribution in [0.4, 0.5) is 10.5 Å². The minimum Gasteiger partial charge on any atom is -0.453 e. The van der Waals surface area contributed by atoms with Crippen LogP contribution in [-0.2, 0) is 4.74 Å². The quantitative estimate of drug-likeness (QED) is 0.759. The topological polar surface area (TPSA) is 113 Å². The molecule has 1 aromatic heterocycles. The van der Waals surface area contributed by atoms with Gasteiger partial charge in [0.05, 0.1) is 24.5 Å². The Bertz CT molecular complexity index is 540. The van der Waals surface area contributed by atoms with Gasteiger partial charge >= 0.3 is 6.09 Å². The van der Waals surface area contributed by atoms with Gasteiger partial charge in [0.2, 0.25) is 0 Å². The van der Waals surface area contributed by atoms with Gasteiger partial charge in [-0.2, -0.15) is 5.10 Å². The molecule has 1 atom stereocenters. The summed E-state index contributed by atoms with van der Waals surface area (Å²) >= 11 is 0. The van der Waals surface area contributed by atoms with Crippen molar-refractivity contribution < 1.29 is 14.3 Å². The monoisotopic (exact) mass is 295 g/mol. The zero-order valence-corrected chi connectivity index (χ0v) is 12.5. The van der Waals surface area contributed by atoms with Crippen LogP contribution in [0.5, 0.6) is 0 Å². The fourth-order valence-electron chi connectivity index (χ4n) is 2.41. The molecule has 4 N–H and O–H groups in total. The van der Waals surface area contributed by atoms with Crippen molar-refractivity contribution in [1.29, 1.82) is 0 Å². The van der Waals surface area contributed by atoms with E-state index in [1.165, 1.54) is 7.11 Å². The van der Waals surface area contributed by atoms with E-state index in [4.69, 9.17) is 5.73 Å². The molecule has 116 valence electrons. The molecule has 2 rings (SSSR count). The molecular weight excluding hydrogens is 274 g/mol. The molecule has 0 aliphatic carbocycles. The number of nitrogens with two attached hydrogens (primary N) is 1. The number of anilines is 1. The van der Waals surface area contributed by atoms with Crippen LogP contribution in [0.15, 0.2) is 0 Å². The summed E-state index contributed by atoms with van der Waals surface area (Å²) in [5.74, 6) is -0.0452. The molecule has 0 aromatic carbocycles. The maximum absolute atomic E-state index is 12.4. The largest absolute Gasteiger partial charge is 0.453 e. The summed E-state index contributed by atoms with van der Waals surface area (Å²) in [6.07, 6.45) is 0.193. The zero-order valence-electron chi connectivity index (χ0n) is 12.5. The summed E-state index contributed by atoms with van der Waals surface area (Å²) in [4.78, 5) is 25.2. The number of rotatable bonds is 3. The fraction of sp³-hybridized carbons (Fsp3) is 0.615. The SMILES string of the molecule is COC(=O)NC1CCN(C(=O)c2n[nH]c(C(C)C)c2N)C1. The van der Waals surface area contributed by atoms with Crippen molar-refractivity contribution in [1.82, 2.24) is 20.4 Å². The molecule has 8 nitrogen and oxygen atoms in total. The Morgan fingerprint density at radius 3 is 2.81 bits per heavy atom. The third-order valence-corrected chi connectivity index (χ3v) is 3.60. The first kappa shape index (κ1) is 15.1. The average Bonchev–Trinajstić information content (AvgIpc) is 3.04. The van der Waals surface area contributed by atoms with Crippen molar-refractivity contribution in [3.63, 3.8) is 0 Å². The first-order valence-corrected chi connectivity index (χ1v) is 6.91. The standard InChI is InChI=1S/C13H21N5O3/c1-7(2)10-9(14)11(17-16-10)12(19)18-5-4-8(6-18)15-13(20)21-3/h7-8H,4-6,14H2,1-3H3,(H,15,20)(H,16,17). The van der Waals surface area contributed by atoms with Crippen LogP contribution in [-0.4, -0.2) is 53.3 Å². The number of nitrogen functional groups attached to an aromatic ring is 1. The molecule has 0 bridgehead atoms. The van der Waals surface area contributed by atoms with E-state index in [1.54, 1.807) is 4.90 Å². The molecule has 1 aliphatic heterocycles. The van der Waals surface area contributed by atoms with Crippen LogP contribution in [0.3, 0.4) is 0 Å². The molecule has 1 aliphatic rings. The van der Waals surface area contributed by atoms with E-state index in [0.29, 0.717) is 25.2 Å². The molecule has 8 heteroatoms. The second-order valence-corrected chi connectivity index (χ2v) is 5.43. The van der Waals surface area contributed by atoms with Crippen LogP contribution < -0.4 is 11.1 Å². The highest BCUT2D eigenvalue weighted by Gasteiger charge is 2.31. The molecular formula is C13H21N5O3. The van der Waals surface area contributed by atoms with Crippen LogP contribution in [0.2, 0.25) is 0 Å². The van der Waals surface area contributed by atoms with Gasteiger partial charge < -0.3 is 20.7 Å². The Morgan fingerprint density at radius 1 is 1.52 bits per heavy atom. The van der Waals surface area contributed by atoms with Gasteiger partial charge in [-0.05, 0) is 12.3 Å². The zero-order chi connectivity index (χ0) is 15.6. The number of methoxy groups -OCH3 is 1. The molecule has 2 heterocycles. The van der Waals surface area contributed by atoms with E-state index in [0.717, 1.165) is 5.69 Å². The highest BCUT2D eigenvalue weighted by atomic mass is 16.5. The van der Waals surface area contributed by atoms with Crippen LogP contribution in [0.25, 0.3) is 0 Å². The predicted octanol–water partition coefficient (Wildman–Crippen LogP) is 0.686. The number of nitrogens with zero attached hydrogens (tertiary/aromatic N) is 2. The third-order valence-electron chi connectivity index (χ3n) is 3.60. The Morgan fingerprint density at radius 2 is 2.24 bits per heavy atom. The smallest absolute Gasteiger partial charge is 0.407 e. The molecule has 2 amide bonds. The van der Waals surface area contributed by atoms with Gasteiger partial charge in [-0.1, -0.05) is 13.8 Å². The van der Waals surface area contributed by atoms with Crippen molar-refractivity contribution in [3.8, 4) is 0 Å². The van der Waals surface area contributed by atoms with Crippen molar-refractivity contribution >= 4 is 17.7 Å². The molecule has 21 heavy (non-hydrogen) atoms. The number of H-pyrrole nitrogens is 1. The van der Waals surface area contributed by atoms with E-state index < -0.39 is 6.09 Å². The van der Waals surface area contributed by atoms with Crippen LogP contribution >= 0.6 is 0 Å². The van der Waals surface area contributed by atoms with Crippen LogP contribution in [0.1, 0.15) is 42.4 Å². The second-order valence-electron chi connectivity index (χ2n) is 5.43. The highest BCUT2D eigenvalue weighted by molar-refractivity contribution is 5.98. The Kier molecular flexibility index (Phi) is 4.35. The summed E-state index contributed by atoms with van der Waals surface area (Å²) in [5, 5.41) is 9.54. The lowest BCUT2D eigenvalue weighted by molar-refractivity contribution is 0.0783. The van der Waals surface area contributed by atoms with Gasteiger partial charge in [0.1, 0.15) is 0 Å². The van der Waals surface area contributed by atoms with Crippen molar-refractivity contribution in [2.45, 2.75) is 32.2 Å². The summed E-state index contributed by atoms with van der Waals surface area (Å²) in [5.41, 5.74) is 7.39. The number of aromatic nitrogens is 2. The molecule has 1 aromatic rings. The molecule has 0 radical (unpaired) electrons. The van der Waals surface area contributed by atoms with E-state index in [1.807, 2.05) is 13.8 Å². The predicted molar refractivity (Wildman–Crippen MR) is 76.9 cm³/mol. The Labute approximate surface area is 123 Å². The first-order chi connectivity index (χ1) is 9.93. The van der Waals surface area contributed by atoms with E-state index in [-0.39, 0.29) is 23.6 Å². The Hall–Kier alpha value is -2.25. The van der Waals surface area contributed by atoms with Crippen molar-refractivity contribution in [2.24, 2.45) is 0 Å². The Balaban J connectivity index is 2.03. The van der Waals surface area contributed by atoms with Crippen molar-refractivity contribution in [2.75, 3.05) is 25.9 Å². The number of hydrogen-bond acceptors (Lipinski definition) is 5. The van der Waals surface area contributed by atoms with E-state index >= 15 is 0 Å².